The number of amides is 1. The average Bonchev–Trinajstić information content (AvgIpc) is 2.64. The van der Waals surface area contributed by atoms with Gasteiger partial charge in [0.1, 0.15) is 0 Å². The standard InChI is InChI=1S/C20H23NO3S/c1-3-18(25-14-15-8-6-5-7-9-15)19(22)21-17-12-10-16(11-13-17)20(23)24-4-2/h5-13,18H,3-4,14H2,1-2H3,(H,21,22). The number of ether oxygens (including phenoxy) is 1. The average molecular weight is 357 g/mol. The fourth-order valence-corrected chi connectivity index (χ4v) is 3.31. The second kappa shape index (κ2) is 9.89. The molecule has 0 saturated heterocycles. The Morgan fingerprint density at radius 3 is 2.32 bits per heavy atom. The first kappa shape index (κ1) is 19.1. The molecule has 2 rings (SSSR count). The fourth-order valence-electron chi connectivity index (χ4n) is 2.28. The van der Waals surface area contributed by atoms with Crippen molar-refractivity contribution in [2.45, 2.75) is 31.3 Å². The van der Waals surface area contributed by atoms with E-state index in [0.29, 0.717) is 17.9 Å². The molecule has 1 unspecified atom stereocenters. The molecular formula is C20H23NO3S. The maximum Gasteiger partial charge on any atom is 0.338 e. The van der Waals surface area contributed by atoms with Crippen LogP contribution in [0, 0.1) is 0 Å². The zero-order valence-corrected chi connectivity index (χ0v) is 15.3. The van der Waals surface area contributed by atoms with Crippen LogP contribution in [-0.4, -0.2) is 23.7 Å². The van der Waals surface area contributed by atoms with Crippen LogP contribution in [0.2, 0.25) is 0 Å². The highest BCUT2D eigenvalue weighted by Gasteiger charge is 2.17. The molecule has 2 aromatic carbocycles. The zero-order chi connectivity index (χ0) is 18.1. The first-order chi connectivity index (χ1) is 12.1. The Labute approximate surface area is 153 Å². The Morgan fingerprint density at radius 1 is 1.04 bits per heavy atom. The molecule has 0 radical (unpaired) electrons. The monoisotopic (exact) mass is 357 g/mol. The van der Waals surface area contributed by atoms with Crippen LogP contribution in [0.3, 0.4) is 0 Å². The fraction of sp³-hybridized carbons (Fsp3) is 0.300. The number of anilines is 1. The molecule has 1 amide bonds. The van der Waals surface area contributed by atoms with Crippen molar-refractivity contribution in [3.8, 4) is 0 Å². The van der Waals surface area contributed by atoms with Gasteiger partial charge in [0.05, 0.1) is 17.4 Å². The lowest BCUT2D eigenvalue weighted by Gasteiger charge is -2.15. The van der Waals surface area contributed by atoms with Gasteiger partial charge in [0, 0.05) is 11.4 Å². The molecule has 1 N–H and O–H groups in total. The number of hydrogen-bond acceptors (Lipinski definition) is 4. The molecule has 4 nitrogen and oxygen atoms in total. The molecule has 132 valence electrons. The molecular weight excluding hydrogens is 334 g/mol. The van der Waals surface area contributed by atoms with E-state index in [4.69, 9.17) is 4.74 Å². The highest BCUT2D eigenvalue weighted by Crippen LogP contribution is 2.22. The number of rotatable bonds is 8. The third kappa shape index (κ3) is 5.94. The molecule has 0 fully saturated rings. The summed E-state index contributed by atoms with van der Waals surface area (Å²) in [6, 6.07) is 16.9. The third-order valence-electron chi connectivity index (χ3n) is 3.62. The maximum atomic E-state index is 12.5. The molecule has 0 aliphatic carbocycles. The second-order valence-corrected chi connectivity index (χ2v) is 6.67. The lowest BCUT2D eigenvalue weighted by molar-refractivity contribution is -0.115. The van der Waals surface area contributed by atoms with E-state index < -0.39 is 0 Å². The molecule has 0 bridgehead atoms. The van der Waals surface area contributed by atoms with E-state index in [2.05, 4.69) is 17.4 Å². The molecule has 25 heavy (non-hydrogen) atoms. The number of nitrogens with one attached hydrogen (secondary N) is 1. The molecule has 1 atom stereocenters. The van der Waals surface area contributed by atoms with E-state index in [-0.39, 0.29) is 17.1 Å². The van der Waals surface area contributed by atoms with Crippen LogP contribution in [0.5, 0.6) is 0 Å². The molecule has 0 saturated carbocycles. The summed E-state index contributed by atoms with van der Waals surface area (Å²) in [7, 11) is 0. The Kier molecular flexibility index (Phi) is 7.54. The Balaban J connectivity index is 1.91. The van der Waals surface area contributed by atoms with Gasteiger partial charge in [0.15, 0.2) is 0 Å². The van der Waals surface area contributed by atoms with E-state index in [9.17, 15) is 9.59 Å². The summed E-state index contributed by atoms with van der Waals surface area (Å²) in [6.45, 7) is 4.12. The van der Waals surface area contributed by atoms with Crippen LogP contribution < -0.4 is 5.32 Å². The van der Waals surface area contributed by atoms with Crippen molar-refractivity contribution in [3.63, 3.8) is 0 Å². The maximum absolute atomic E-state index is 12.5. The summed E-state index contributed by atoms with van der Waals surface area (Å²) >= 11 is 1.63. The molecule has 2 aromatic rings. The summed E-state index contributed by atoms with van der Waals surface area (Å²) in [5.41, 5.74) is 2.36. The van der Waals surface area contributed by atoms with E-state index in [1.807, 2.05) is 25.1 Å². The minimum absolute atomic E-state index is 0.0210. The topological polar surface area (TPSA) is 55.4 Å². The number of thioether (sulfide) groups is 1. The minimum Gasteiger partial charge on any atom is -0.462 e. The largest absolute Gasteiger partial charge is 0.462 e. The lowest BCUT2D eigenvalue weighted by atomic mass is 10.2. The van der Waals surface area contributed by atoms with Gasteiger partial charge in [-0.2, -0.15) is 0 Å². The minimum atomic E-state index is -0.356. The van der Waals surface area contributed by atoms with Gasteiger partial charge in [0.25, 0.3) is 0 Å². The van der Waals surface area contributed by atoms with Gasteiger partial charge in [-0.1, -0.05) is 37.3 Å². The predicted molar refractivity (Wildman–Crippen MR) is 103 cm³/mol. The number of esters is 1. The quantitative estimate of drug-likeness (QED) is 0.706. The van der Waals surface area contributed by atoms with Crippen LogP contribution in [0.4, 0.5) is 5.69 Å². The van der Waals surface area contributed by atoms with E-state index in [1.165, 1.54) is 5.56 Å². The van der Waals surface area contributed by atoms with Gasteiger partial charge in [-0.3, -0.25) is 4.79 Å². The second-order valence-electron chi connectivity index (χ2n) is 5.48. The number of benzene rings is 2. The van der Waals surface area contributed by atoms with Crippen molar-refractivity contribution >= 4 is 29.3 Å². The van der Waals surface area contributed by atoms with Gasteiger partial charge in [-0.15, -0.1) is 11.8 Å². The van der Waals surface area contributed by atoms with Crippen molar-refractivity contribution in [3.05, 3.63) is 65.7 Å². The van der Waals surface area contributed by atoms with Gasteiger partial charge < -0.3 is 10.1 Å². The van der Waals surface area contributed by atoms with Gasteiger partial charge >= 0.3 is 5.97 Å². The summed E-state index contributed by atoms with van der Waals surface area (Å²) in [5.74, 6) is 0.423. The molecule has 0 aliphatic heterocycles. The van der Waals surface area contributed by atoms with Gasteiger partial charge in [-0.25, -0.2) is 4.79 Å². The lowest BCUT2D eigenvalue weighted by Crippen LogP contribution is -2.24. The summed E-state index contributed by atoms with van der Waals surface area (Å²) in [5, 5.41) is 2.80. The van der Waals surface area contributed by atoms with Crippen molar-refractivity contribution in [1.82, 2.24) is 0 Å². The third-order valence-corrected chi connectivity index (χ3v) is 5.07. The Hall–Kier alpha value is -2.27. The first-order valence-electron chi connectivity index (χ1n) is 8.37. The number of carbonyl (C=O) groups is 2. The van der Waals surface area contributed by atoms with Crippen LogP contribution in [0.15, 0.2) is 54.6 Å². The van der Waals surface area contributed by atoms with Crippen molar-refractivity contribution < 1.29 is 14.3 Å². The predicted octanol–water partition coefficient (Wildman–Crippen LogP) is 4.51. The number of carbonyl (C=O) groups excluding carboxylic acids is 2. The van der Waals surface area contributed by atoms with Crippen LogP contribution in [0.25, 0.3) is 0 Å². The van der Waals surface area contributed by atoms with Crippen LogP contribution >= 0.6 is 11.8 Å². The van der Waals surface area contributed by atoms with Crippen molar-refractivity contribution in [2.24, 2.45) is 0 Å². The zero-order valence-electron chi connectivity index (χ0n) is 14.5. The molecule has 0 aromatic heterocycles. The molecule has 5 heteroatoms. The van der Waals surface area contributed by atoms with E-state index in [0.717, 1.165) is 12.2 Å². The number of hydrogen-bond donors (Lipinski definition) is 1. The Morgan fingerprint density at radius 2 is 1.72 bits per heavy atom. The normalized spacial score (nSPS) is 11.6. The van der Waals surface area contributed by atoms with Crippen LogP contribution in [0.1, 0.15) is 36.2 Å². The first-order valence-corrected chi connectivity index (χ1v) is 9.42. The molecule has 0 spiro atoms. The van der Waals surface area contributed by atoms with Crippen molar-refractivity contribution in [2.75, 3.05) is 11.9 Å². The van der Waals surface area contributed by atoms with Gasteiger partial charge in [0.2, 0.25) is 5.91 Å². The van der Waals surface area contributed by atoms with Gasteiger partial charge in [-0.05, 0) is 43.2 Å². The highest BCUT2D eigenvalue weighted by molar-refractivity contribution is 7.99. The van der Waals surface area contributed by atoms with E-state index >= 15 is 0 Å². The Bertz CT molecular complexity index is 686. The highest BCUT2D eigenvalue weighted by atomic mass is 32.2. The smallest absolute Gasteiger partial charge is 0.338 e. The SMILES string of the molecule is CCOC(=O)c1ccc(NC(=O)C(CC)SCc2ccccc2)cc1. The molecule has 0 aliphatic rings. The van der Waals surface area contributed by atoms with Crippen LogP contribution in [-0.2, 0) is 15.3 Å². The summed E-state index contributed by atoms with van der Waals surface area (Å²) in [6.07, 6.45) is 0.754. The van der Waals surface area contributed by atoms with E-state index in [1.54, 1.807) is 43.0 Å². The summed E-state index contributed by atoms with van der Waals surface area (Å²) in [4.78, 5) is 24.1. The summed E-state index contributed by atoms with van der Waals surface area (Å²) < 4.78 is 4.95. The molecule has 0 heterocycles. The van der Waals surface area contributed by atoms with Crippen molar-refractivity contribution in [1.29, 1.82) is 0 Å².